The van der Waals surface area contributed by atoms with Gasteiger partial charge in [-0.25, -0.2) is 0 Å². The lowest BCUT2D eigenvalue weighted by Gasteiger charge is -2.40. The maximum absolute atomic E-state index is 6.32. The van der Waals surface area contributed by atoms with Crippen LogP contribution in [0.2, 0.25) is 5.02 Å². The highest BCUT2D eigenvalue weighted by atomic mass is 127. The Morgan fingerprint density at radius 1 is 1.25 bits per heavy atom. The van der Waals surface area contributed by atoms with Crippen molar-refractivity contribution >= 4 is 34.2 Å². The average Bonchev–Trinajstić information content (AvgIpc) is 2.47. The van der Waals surface area contributed by atoms with Gasteiger partial charge in [0.15, 0.2) is 0 Å². The van der Waals surface area contributed by atoms with E-state index in [1.54, 1.807) is 0 Å². The molecule has 0 heterocycles. The minimum atomic E-state index is 0.0889. The second-order valence-electron chi connectivity index (χ2n) is 6.31. The molecule has 1 aromatic rings. The summed E-state index contributed by atoms with van der Waals surface area (Å²) in [6, 6.07) is 7.99. The van der Waals surface area contributed by atoms with Crippen LogP contribution in [-0.2, 0) is 11.3 Å². The standard InChI is InChI=1S/C17H24ClIO/c1-13(2)15-7-9-17(12-19,10-8-15)20-11-14-3-5-16(18)6-4-14/h3-6,13,15H,7-12H2,1-2H3. The molecule has 1 aliphatic rings. The smallest absolute Gasteiger partial charge is 0.0776 e. The van der Waals surface area contributed by atoms with Gasteiger partial charge in [-0.3, -0.25) is 0 Å². The Bertz CT molecular complexity index is 408. The van der Waals surface area contributed by atoms with Crippen LogP contribution in [0.25, 0.3) is 0 Å². The van der Waals surface area contributed by atoms with Crippen molar-refractivity contribution in [2.45, 2.75) is 51.7 Å². The predicted molar refractivity (Wildman–Crippen MR) is 94.7 cm³/mol. The van der Waals surface area contributed by atoms with E-state index in [1.165, 1.54) is 31.2 Å². The molecule has 0 saturated heterocycles. The second kappa shape index (κ2) is 7.46. The lowest BCUT2D eigenvalue weighted by Crippen LogP contribution is -2.39. The van der Waals surface area contributed by atoms with Crippen molar-refractivity contribution in [3.63, 3.8) is 0 Å². The lowest BCUT2D eigenvalue weighted by molar-refractivity contribution is -0.0720. The first-order valence-electron chi connectivity index (χ1n) is 7.49. The third-order valence-corrected chi connectivity index (χ3v) is 6.23. The zero-order valence-electron chi connectivity index (χ0n) is 12.4. The largest absolute Gasteiger partial charge is 0.370 e. The molecule has 0 unspecified atom stereocenters. The van der Waals surface area contributed by atoms with Crippen molar-refractivity contribution in [1.82, 2.24) is 0 Å². The van der Waals surface area contributed by atoms with Gasteiger partial charge in [0, 0.05) is 9.45 Å². The van der Waals surface area contributed by atoms with Gasteiger partial charge in [-0.1, -0.05) is 60.2 Å². The molecule has 0 bridgehead atoms. The second-order valence-corrected chi connectivity index (χ2v) is 7.51. The zero-order valence-corrected chi connectivity index (χ0v) is 15.3. The van der Waals surface area contributed by atoms with Gasteiger partial charge >= 0.3 is 0 Å². The van der Waals surface area contributed by atoms with Crippen LogP contribution >= 0.6 is 34.2 Å². The van der Waals surface area contributed by atoms with E-state index in [4.69, 9.17) is 16.3 Å². The van der Waals surface area contributed by atoms with Crippen molar-refractivity contribution in [1.29, 1.82) is 0 Å². The van der Waals surface area contributed by atoms with Crippen LogP contribution in [0, 0.1) is 11.8 Å². The summed E-state index contributed by atoms with van der Waals surface area (Å²) < 4.78 is 7.41. The first kappa shape index (κ1) is 16.6. The molecular weight excluding hydrogens is 383 g/mol. The molecule has 0 N–H and O–H groups in total. The van der Waals surface area contributed by atoms with Crippen LogP contribution in [0.3, 0.4) is 0 Å². The fraction of sp³-hybridized carbons (Fsp3) is 0.647. The summed E-state index contributed by atoms with van der Waals surface area (Å²) in [5.74, 6) is 1.68. The van der Waals surface area contributed by atoms with Gasteiger partial charge in [0.25, 0.3) is 0 Å². The predicted octanol–water partition coefficient (Wildman–Crippen LogP) is 5.88. The molecule has 2 rings (SSSR count). The summed E-state index contributed by atoms with van der Waals surface area (Å²) in [6.07, 6.45) is 5.02. The molecule has 1 nitrogen and oxygen atoms in total. The molecular formula is C17H24ClIO. The summed E-state index contributed by atoms with van der Waals surface area (Å²) >= 11 is 8.40. The number of rotatable bonds is 5. The number of halogens is 2. The van der Waals surface area contributed by atoms with Crippen molar-refractivity contribution in [3.8, 4) is 0 Å². The van der Waals surface area contributed by atoms with Crippen LogP contribution in [0.4, 0.5) is 0 Å². The molecule has 0 aromatic heterocycles. The van der Waals surface area contributed by atoms with Gasteiger partial charge < -0.3 is 4.74 Å². The van der Waals surface area contributed by atoms with Gasteiger partial charge in [0.05, 0.1) is 12.2 Å². The van der Waals surface area contributed by atoms with E-state index in [9.17, 15) is 0 Å². The molecule has 0 aliphatic heterocycles. The third kappa shape index (κ3) is 4.35. The van der Waals surface area contributed by atoms with Gasteiger partial charge in [0.1, 0.15) is 0 Å². The van der Waals surface area contributed by atoms with Gasteiger partial charge in [-0.15, -0.1) is 0 Å². The maximum atomic E-state index is 6.32. The Morgan fingerprint density at radius 2 is 1.85 bits per heavy atom. The van der Waals surface area contributed by atoms with Gasteiger partial charge in [-0.05, 0) is 55.2 Å². The Morgan fingerprint density at radius 3 is 2.35 bits per heavy atom. The molecule has 1 saturated carbocycles. The van der Waals surface area contributed by atoms with Crippen LogP contribution in [0.15, 0.2) is 24.3 Å². The summed E-state index contributed by atoms with van der Waals surface area (Å²) in [5, 5.41) is 0.787. The van der Waals surface area contributed by atoms with Crippen molar-refractivity contribution in [3.05, 3.63) is 34.9 Å². The average molecular weight is 407 g/mol. The molecule has 1 fully saturated rings. The van der Waals surface area contributed by atoms with Gasteiger partial charge in [0.2, 0.25) is 0 Å². The fourth-order valence-electron chi connectivity index (χ4n) is 2.97. The van der Waals surface area contributed by atoms with Crippen LogP contribution in [-0.4, -0.2) is 10.0 Å². The molecule has 1 aromatic carbocycles. The van der Waals surface area contributed by atoms with Crippen molar-refractivity contribution < 1.29 is 4.74 Å². The summed E-state index contributed by atoms with van der Waals surface area (Å²) in [4.78, 5) is 0. The Kier molecular flexibility index (Phi) is 6.18. The van der Waals surface area contributed by atoms with E-state index in [-0.39, 0.29) is 5.60 Å². The van der Waals surface area contributed by atoms with Crippen molar-refractivity contribution in [2.75, 3.05) is 4.43 Å². The normalized spacial score (nSPS) is 26.9. The fourth-order valence-corrected chi connectivity index (χ4v) is 4.08. The zero-order chi connectivity index (χ0) is 14.6. The highest BCUT2D eigenvalue weighted by Crippen LogP contribution is 2.39. The highest BCUT2D eigenvalue weighted by Gasteiger charge is 2.36. The van der Waals surface area contributed by atoms with E-state index in [2.05, 4.69) is 48.6 Å². The third-order valence-electron chi connectivity index (χ3n) is 4.59. The highest BCUT2D eigenvalue weighted by molar-refractivity contribution is 14.1. The molecule has 0 amide bonds. The maximum Gasteiger partial charge on any atom is 0.0776 e. The first-order valence-corrected chi connectivity index (χ1v) is 9.39. The Labute approximate surface area is 141 Å². The summed E-state index contributed by atoms with van der Waals surface area (Å²) in [6.45, 7) is 5.39. The first-order chi connectivity index (χ1) is 9.54. The molecule has 0 spiro atoms. The number of hydrogen-bond donors (Lipinski definition) is 0. The number of benzene rings is 1. The SMILES string of the molecule is CC(C)C1CCC(CI)(OCc2ccc(Cl)cc2)CC1. The molecule has 3 heteroatoms. The van der Waals surface area contributed by atoms with E-state index in [0.717, 1.165) is 21.3 Å². The van der Waals surface area contributed by atoms with E-state index in [0.29, 0.717) is 6.61 Å². The van der Waals surface area contributed by atoms with E-state index >= 15 is 0 Å². The number of ether oxygens (including phenoxy) is 1. The molecule has 1 aliphatic carbocycles. The quantitative estimate of drug-likeness (QED) is 0.438. The minimum absolute atomic E-state index is 0.0889. The van der Waals surface area contributed by atoms with Crippen LogP contribution < -0.4 is 0 Å². The van der Waals surface area contributed by atoms with Crippen molar-refractivity contribution in [2.24, 2.45) is 11.8 Å². The molecule has 0 radical (unpaired) electrons. The molecule has 0 atom stereocenters. The summed E-state index contributed by atoms with van der Waals surface area (Å²) in [7, 11) is 0. The lowest BCUT2D eigenvalue weighted by atomic mass is 9.75. The van der Waals surface area contributed by atoms with E-state index < -0.39 is 0 Å². The molecule has 112 valence electrons. The number of alkyl halides is 1. The van der Waals surface area contributed by atoms with E-state index in [1.807, 2.05) is 12.1 Å². The monoisotopic (exact) mass is 406 g/mol. The Balaban J connectivity index is 1.91. The van der Waals surface area contributed by atoms with Crippen LogP contribution in [0.5, 0.6) is 0 Å². The summed E-state index contributed by atoms with van der Waals surface area (Å²) in [5.41, 5.74) is 1.30. The number of hydrogen-bond acceptors (Lipinski definition) is 1. The Hall–Kier alpha value is 0.200. The minimum Gasteiger partial charge on any atom is -0.370 e. The molecule has 20 heavy (non-hydrogen) atoms. The van der Waals surface area contributed by atoms with Crippen LogP contribution in [0.1, 0.15) is 45.1 Å². The topological polar surface area (TPSA) is 9.23 Å². The van der Waals surface area contributed by atoms with Gasteiger partial charge in [-0.2, -0.15) is 0 Å².